The highest BCUT2D eigenvalue weighted by atomic mass is 35.5. The van der Waals surface area contributed by atoms with E-state index in [0.717, 1.165) is 10.8 Å². The second-order valence-corrected chi connectivity index (χ2v) is 2.24. The van der Waals surface area contributed by atoms with Crippen molar-refractivity contribution in [2.45, 2.75) is 0 Å². The van der Waals surface area contributed by atoms with Gasteiger partial charge in [-0.3, -0.25) is 0 Å². The molecule has 0 aromatic heterocycles. The molecule has 12 heavy (non-hydrogen) atoms. The third kappa shape index (κ3) is 5.01. The maximum Gasteiger partial charge on any atom is 0.432 e. The van der Waals surface area contributed by atoms with Crippen LogP contribution in [-0.4, -0.2) is 24.8 Å². The van der Waals surface area contributed by atoms with Crippen molar-refractivity contribution in [3.8, 4) is 5.75 Å². The summed E-state index contributed by atoms with van der Waals surface area (Å²) in [6.07, 6.45) is 0. The maximum absolute atomic E-state index is 7.12. The number of methoxy groups -OCH3 is 1. The lowest BCUT2D eigenvalue weighted by molar-refractivity contribution is 0.415. The number of halogens is 1. The van der Waals surface area contributed by atoms with Crippen molar-refractivity contribution in [2.24, 2.45) is 0 Å². The summed E-state index contributed by atoms with van der Waals surface area (Å²) < 4.78 is 4.91. The van der Waals surface area contributed by atoms with Gasteiger partial charge in [0, 0.05) is 5.02 Å². The van der Waals surface area contributed by atoms with Crippen molar-refractivity contribution in [3.05, 3.63) is 29.3 Å². The van der Waals surface area contributed by atoms with Crippen LogP contribution in [0.1, 0.15) is 0 Å². The van der Waals surface area contributed by atoms with Gasteiger partial charge in [0.25, 0.3) is 0 Å². The highest BCUT2D eigenvalue weighted by molar-refractivity contribution is 6.30. The van der Waals surface area contributed by atoms with E-state index in [1.54, 1.807) is 19.2 Å². The van der Waals surface area contributed by atoms with E-state index < -0.39 is 7.69 Å². The molecule has 5 heteroatoms. The molecule has 1 aromatic rings. The predicted molar refractivity (Wildman–Crippen MR) is 49.6 cm³/mol. The Bertz CT molecular complexity index is 202. The largest absolute Gasteiger partial charge is 0.497 e. The molecule has 66 valence electrons. The van der Waals surface area contributed by atoms with Crippen molar-refractivity contribution in [1.82, 2.24) is 0 Å². The highest BCUT2D eigenvalue weighted by Gasteiger charge is 1.87. The molecule has 0 fully saturated rings. The Labute approximate surface area is 76.9 Å². The summed E-state index contributed by atoms with van der Waals surface area (Å²) in [7, 11) is 0.878. The molecule has 0 amide bonds. The van der Waals surface area contributed by atoms with E-state index in [4.69, 9.17) is 26.4 Å². The number of hydrogen-bond acceptors (Lipinski definition) is 3. The van der Waals surface area contributed by atoms with Crippen LogP contribution in [0.4, 0.5) is 0 Å². The molecule has 1 aromatic carbocycles. The first kappa shape index (κ1) is 11.3. The minimum atomic E-state index is -0.750. The van der Waals surface area contributed by atoms with Crippen LogP contribution in [0, 0.1) is 0 Å². The minimum Gasteiger partial charge on any atom is -0.497 e. The lowest BCUT2D eigenvalue weighted by Gasteiger charge is -1.96. The third-order valence-electron chi connectivity index (χ3n) is 1.05. The molecule has 2 N–H and O–H groups in total. The first-order chi connectivity index (χ1) is 5.74. The van der Waals surface area contributed by atoms with E-state index in [-0.39, 0.29) is 0 Å². The first-order valence-electron chi connectivity index (χ1n) is 3.26. The van der Waals surface area contributed by atoms with Crippen molar-refractivity contribution >= 4 is 19.3 Å². The van der Waals surface area contributed by atoms with Crippen molar-refractivity contribution < 1.29 is 14.8 Å². The van der Waals surface area contributed by atoms with Crippen molar-refractivity contribution in [3.63, 3.8) is 0 Å². The maximum atomic E-state index is 7.12. The normalized spacial score (nSPS) is 8.00. The van der Waals surface area contributed by atoms with Crippen LogP contribution in [0.15, 0.2) is 24.3 Å². The summed E-state index contributed by atoms with van der Waals surface area (Å²) in [5, 5.41) is 15.0. The summed E-state index contributed by atoms with van der Waals surface area (Å²) in [5.41, 5.74) is 0. The van der Waals surface area contributed by atoms with Gasteiger partial charge >= 0.3 is 7.69 Å². The molecule has 0 bridgehead atoms. The molecule has 0 spiro atoms. The molecule has 0 saturated carbocycles. The van der Waals surface area contributed by atoms with Crippen LogP contribution >= 0.6 is 11.6 Å². The van der Waals surface area contributed by atoms with Crippen LogP contribution in [0.25, 0.3) is 0 Å². The minimum absolute atomic E-state index is 0.732. The monoisotopic (exact) mass is 188 g/mol. The summed E-state index contributed by atoms with van der Waals surface area (Å²) in [6.45, 7) is 0. The molecule has 0 saturated heterocycles. The quantitative estimate of drug-likeness (QED) is 0.634. The van der Waals surface area contributed by atoms with Crippen LogP contribution in [-0.2, 0) is 0 Å². The highest BCUT2D eigenvalue weighted by Crippen LogP contribution is 2.14. The molecular weight excluding hydrogens is 178 g/mol. The Hall–Kier alpha value is -0.705. The van der Waals surface area contributed by atoms with Gasteiger partial charge in [-0.25, -0.2) is 0 Å². The lowest BCUT2D eigenvalue weighted by atomic mass is 10.3. The lowest BCUT2D eigenvalue weighted by Crippen LogP contribution is -1.79. The van der Waals surface area contributed by atoms with Crippen molar-refractivity contribution in [2.75, 3.05) is 7.11 Å². The van der Waals surface area contributed by atoms with E-state index in [0.29, 0.717) is 0 Å². The fourth-order valence-electron chi connectivity index (χ4n) is 0.571. The molecule has 0 aliphatic carbocycles. The molecule has 0 unspecified atom stereocenters. The fraction of sp³-hybridized carbons (Fsp3) is 0.143. The Balaban J connectivity index is 0.000000354. The third-order valence-corrected chi connectivity index (χ3v) is 1.30. The fourth-order valence-corrected chi connectivity index (χ4v) is 0.697. The SMILES string of the molecule is COc1ccc(Cl)cc1.OBO. The van der Waals surface area contributed by atoms with Gasteiger partial charge in [0.15, 0.2) is 0 Å². The topological polar surface area (TPSA) is 49.7 Å². The van der Waals surface area contributed by atoms with E-state index >= 15 is 0 Å². The second-order valence-electron chi connectivity index (χ2n) is 1.80. The second kappa shape index (κ2) is 6.97. The molecule has 1 rings (SSSR count). The molecule has 0 radical (unpaired) electrons. The summed E-state index contributed by atoms with van der Waals surface area (Å²) in [4.78, 5) is 0. The van der Waals surface area contributed by atoms with Gasteiger partial charge in [-0.15, -0.1) is 0 Å². The van der Waals surface area contributed by atoms with Crippen LogP contribution < -0.4 is 4.74 Å². The number of rotatable bonds is 1. The Kier molecular flexibility index (Phi) is 6.56. The van der Waals surface area contributed by atoms with Crippen molar-refractivity contribution in [1.29, 1.82) is 0 Å². The van der Waals surface area contributed by atoms with Gasteiger partial charge in [0.2, 0.25) is 0 Å². The zero-order valence-corrected chi connectivity index (χ0v) is 7.45. The standard InChI is InChI=1S/C7H7ClO.BH3O2/c1-9-7-4-2-6(8)3-5-7;2-1-3/h2-5H,1H3;1-3H. The molecule has 0 aliphatic heterocycles. The Morgan fingerprint density at radius 3 is 2.00 bits per heavy atom. The summed E-state index contributed by atoms with van der Waals surface area (Å²) in [5.74, 6) is 0.833. The number of benzene rings is 1. The first-order valence-corrected chi connectivity index (χ1v) is 3.63. The van der Waals surface area contributed by atoms with E-state index in [2.05, 4.69) is 0 Å². The Morgan fingerprint density at radius 2 is 1.67 bits per heavy atom. The predicted octanol–water partition coefficient (Wildman–Crippen LogP) is 0.586. The number of ether oxygens (including phenoxy) is 1. The van der Waals surface area contributed by atoms with E-state index in [9.17, 15) is 0 Å². The summed E-state index contributed by atoms with van der Waals surface area (Å²) in [6, 6.07) is 7.23. The zero-order chi connectivity index (χ0) is 9.40. The Morgan fingerprint density at radius 1 is 1.25 bits per heavy atom. The van der Waals surface area contributed by atoms with Gasteiger partial charge in [-0.05, 0) is 24.3 Å². The number of hydrogen-bond donors (Lipinski definition) is 2. The van der Waals surface area contributed by atoms with E-state index in [1.165, 1.54) is 0 Å². The van der Waals surface area contributed by atoms with Gasteiger partial charge in [-0.2, -0.15) is 0 Å². The zero-order valence-electron chi connectivity index (χ0n) is 6.70. The van der Waals surface area contributed by atoms with Gasteiger partial charge in [0.1, 0.15) is 5.75 Å². The molecule has 0 atom stereocenters. The molecular formula is C7H10BClO3. The van der Waals surface area contributed by atoms with E-state index in [1.807, 2.05) is 12.1 Å². The van der Waals surface area contributed by atoms with Crippen LogP contribution in [0.5, 0.6) is 5.75 Å². The molecule has 0 heterocycles. The van der Waals surface area contributed by atoms with Gasteiger partial charge in [0.05, 0.1) is 7.11 Å². The van der Waals surface area contributed by atoms with Crippen LogP contribution in [0.3, 0.4) is 0 Å². The average Bonchev–Trinajstić information content (AvgIpc) is 2.07. The van der Waals surface area contributed by atoms with Gasteiger partial charge in [-0.1, -0.05) is 11.6 Å². The van der Waals surface area contributed by atoms with Gasteiger partial charge < -0.3 is 14.8 Å². The molecule has 3 nitrogen and oxygen atoms in total. The average molecular weight is 188 g/mol. The molecule has 0 aliphatic rings. The van der Waals surface area contributed by atoms with Crippen LogP contribution in [0.2, 0.25) is 5.02 Å². The smallest absolute Gasteiger partial charge is 0.432 e. The summed E-state index contributed by atoms with van der Waals surface area (Å²) >= 11 is 5.61.